The fraction of sp³-hybridized carbons (Fsp3) is 0.219. The van der Waals surface area contributed by atoms with Gasteiger partial charge in [0.2, 0.25) is 5.91 Å². The highest BCUT2D eigenvalue weighted by Crippen LogP contribution is 2.37. The van der Waals surface area contributed by atoms with E-state index < -0.39 is 12.1 Å². The van der Waals surface area contributed by atoms with Crippen molar-refractivity contribution >= 4 is 58.0 Å². The quantitative estimate of drug-likeness (QED) is 0.280. The van der Waals surface area contributed by atoms with Crippen LogP contribution in [0.3, 0.4) is 0 Å². The van der Waals surface area contributed by atoms with Crippen LogP contribution < -0.4 is 30.9 Å². The molecule has 0 fully saturated rings. The largest absolute Gasteiger partial charge is 0.496 e. The molecular formula is C32H34ClN5O4. The summed E-state index contributed by atoms with van der Waals surface area (Å²) in [6.07, 6.45) is 0. The number of carbonyl (C=O) groups is 3. The number of amides is 3. The zero-order chi connectivity index (χ0) is 29.1. The lowest BCUT2D eigenvalue weighted by atomic mass is 10.0. The van der Waals surface area contributed by atoms with Gasteiger partial charge in [-0.3, -0.25) is 14.4 Å². The van der Waals surface area contributed by atoms with Crippen molar-refractivity contribution in [2.75, 3.05) is 36.2 Å². The first-order chi connectivity index (χ1) is 19.8. The number of likely N-dealkylation sites (N-methyl/N-ethyl adjacent to an activating group) is 1. The van der Waals surface area contributed by atoms with Crippen LogP contribution in [0, 0.1) is 0 Å². The molecule has 0 saturated heterocycles. The molecule has 4 N–H and O–H groups in total. The van der Waals surface area contributed by atoms with Crippen molar-refractivity contribution in [2.45, 2.75) is 25.6 Å². The Bertz CT molecular complexity index is 1610. The average molecular weight is 588 g/mol. The summed E-state index contributed by atoms with van der Waals surface area (Å²) in [6.45, 7) is 1.82. The molecule has 42 heavy (non-hydrogen) atoms. The predicted octanol–water partition coefficient (Wildman–Crippen LogP) is 4.14. The number of nitrogens with two attached hydrogens (primary N) is 1. The van der Waals surface area contributed by atoms with Gasteiger partial charge in [-0.1, -0.05) is 42.5 Å². The number of fused-ring (bicyclic) bond motifs is 2. The summed E-state index contributed by atoms with van der Waals surface area (Å²) in [5.41, 5.74) is 8.74. The van der Waals surface area contributed by atoms with Gasteiger partial charge in [-0.05, 0) is 67.2 Å². The van der Waals surface area contributed by atoms with Crippen LogP contribution in [0.25, 0.3) is 10.8 Å². The molecule has 1 heterocycles. The summed E-state index contributed by atoms with van der Waals surface area (Å²) in [6, 6.07) is 24.1. The highest BCUT2D eigenvalue weighted by atomic mass is 35.5. The van der Waals surface area contributed by atoms with Gasteiger partial charge in [0.25, 0.3) is 11.8 Å². The zero-order valence-corrected chi connectivity index (χ0v) is 24.5. The average Bonchev–Trinajstić information content (AvgIpc) is 3.11. The second-order valence-corrected chi connectivity index (χ2v) is 9.99. The maximum absolute atomic E-state index is 14.3. The summed E-state index contributed by atoms with van der Waals surface area (Å²) in [7, 11) is 3.27. The molecule has 0 spiro atoms. The SMILES string of the molecule is CN[C@@H](C)C(=O)N[C@H]1CN(C(=O)c2ccc(N)cc2)c2ccccc2N(Cc2c(OC)ccc3ccccc23)C1=O.Cl. The first-order valence-corrected chi connectivity index (χ1v) is 13.4. The molecule has 0 aliphatic carbocycles. The Kier molecular flexibility index (Phi) is 9.35. The van der Waals surface area contributed by atoms with Crippen LogP contribution in [0.4, 0.5) is 17.1 Å². The summed E-state index contributed by atoms with van der Waals surface area (Å²) in [4.78, 5) is 44.4. The van der Waals surface area contributed by atoms with E-state index in [0.29, 0.717) is 28.4 Å². The second kappa shape index (κ2) is 12.9. The molecule has 9 nitrogen and oxygen atoms in total. The molecule has 1 aliphatic rings. The van der Waals surface area contributed by atoms with Crippen LogP contribution in [0.5, 0.6) is 5.75 Å². The molecular weight excluding hydrogens is 554 g/mol. The molecule has 0 bridgehead atoms. The summed E-state index contributed by atoms with van der Waals surface area (Å²) < 4.78 is 5.72. The molecule has 4 aromatic rings. The Labute approximate surface area is 251 Å². The number of rotatable bonds is 7. The lowest BCUT2D eigenvalue weighted by Gasteiger charge is -2.27. The predicted molar refractivity (Wildman–Crippen MR) is 168 cm³/mol. The minimum Gasteiger partial charge on any atom is -0.496 e. The Morgan fingerprint density at radius 3 is 2.33 bits per heavy atom. The zero-order valence-electron chi connectivity index (χ0n) is 23.7. The lowest BCUT2D eigenvalue weighted by molar-refractivity contribution is -0.128. The van der Waals surface area contributed by atoms with Gasteiger partial charge in [-0.25, -0.2) is 0 Å². The number of anilines is 3. The minimum absolute atomic E-state index is 0. The lowest BCUT2D eigenvalue weighted by Crippen LogP contribution is -2.55. The number of hydrogen-bond donors (Lipinski definition) is 3. The maximum Gasteiger partial charge on any atom is 0.258 e. The van der Waals surface area contributed by atoms with E-state index in [1.165, 1.54) is 0 Å². The Morgan fingerprint density at radius 1 is 0.976 bits per heavy atom. The highest BCUT2D eigenvalue weighted by Gasteiger charge is 2.38. The number of ether oxygens (including phenoxy) is 1. The van der Waals surface area contributed by atoms with Crippen LogP contribution in [-0.2, 0) is 16.1 Å². The minimum atomic E-state index is -1.01. The smallest absolute Gasteiger partial charge is 0.258 e. The third kappa shape index (κ3) is 5.88. The van der Waals surface area contributed by atoms with Gasteiger partial charge >= 0.3 is 0 Å². The fourth-order valence-corrected chi connectivity index (χ4v) is 5.09. The van der Waals surface area contributed by atoms with Crippen molar-refractivity contribution in [2.24, 2.45) is 0 Å². The van der Waals surface area contributed by atoms with Crippen LogP contribution in [-0.4, -0.2) is 50.5 Å². The van der Waals surface area contributed by atoms with E-state index in [4.69, 9.17) is 10.5 Å². The van der Waals surface area contributed by atoms with E-state index in [1.807, 2.05) is 60.7 Å². The van der Waals surface area contributed by atoms with E-state index in [9.17, 15) is 14.4 Å². The van der Waals surface area contributed by atoms with Gasteiger partial charge < -0.3 is 30.9 Å². The highest BCUT2D eigenvalue weighted by molar-refractivity contribution is 6.13. The molecule has 3 amide bonds. The molecule has 1 aliphatic heterocycles. The Morgan fingerprint density at radius 2 is 1.64 bits per heavy atom. The van der Waals surface area contributed by atoms with Gasteiger partial charge in [-0.2, -0.15) is 0 Å². The molecule has 0 aromatic heterocycles. The van der Waals surface area contributed by atoms with Gasteiger partial charge in [0.05, 0.1) is 37.6 Å². The summed E-state index contributed by atoms with van der Waals surface area (Å²) >= 11 is 0. The number of nitrogen functional groups attached to an aromatic ring is 1. The van der Waals surface area contributed by atoms with E-state index >= 15 is 0 Å². The van der Waals surface area contributed by atoms with Gasteiger partial charge in [0.15, 0.2) is 0 Å². The molecule has 2 atom stereocenters. The number of para-hydroxylation sites is 2. The second-order valence-electron chi connectivity index (χ2n) is 9.99. The van der Waals surface area contributed by atoms with Gasteiger partial charge in [0.1, 0.15) is 11.8 Å². The van der Waals surface area contributed by atoms with Crippen molar-refractivity contribution in [1.29, 1.82) is 0 Å². The van der Waals surface area contributed by atoms with E-state index in [-0.39, 0.29) is 43.2 Å². The topological polar surface area (TPSA) is 117 Å². The van der Waals surface area contributed by atoms with Gasteiger partial charge in [-0.15, -0.1) is 12.4 Å². The fourth-order valence-electron chi connectivity index (χ4n) is 5.09. The third-order valence-corrected chi connectivity index (χ3v) is 7.47. The molecule has 0 saturated carbocycles. The molecule has 4 aromatic carbocycles. The Hall–Kier alpha value is -4.60. The number of halogens is 1. The molecule has 0 radical (unpaired) electrons. The first kappa shape index (κ1) is 30.4. The van der Waals surface area contributed by atoms with Gasteiger partial charge in [0, 0.05) is 16.8 Å². The molecule has 10 heteroatoms. The standard InChI is InChI=1S/C32H33N5O4.ClH/c1-20(34-2)30(38)35-26-19-37(31(39)22-12-15-23(33)16-13-22)28-11-7-6-10-27(28)36(32(26)40)18-25-24-9-5-4-8-21(24)14-17-29(25)41-3;/h4-17,20,26,34H,18-19,33H2,1-3H3,(H,35,38);1H/t20-,26-;/m0./s1. The summed E-state index contributed by atoms with van der Waals surface area (Å²) in [5.74, 6) is -0.357. The normalized spacial score (nSPS) is 15.3. The summed E-state index contributed by atoms with van der Waals surface area (Å²) in [5, 5.41) is 7.74. The number of benzene rings is 4. The maximum atomic E-state index is 14.3. The molecule has 0 unspecified atom stereocenters. The first-order valence-electron chi connectivity index (χ1n) is 13.4. The molecule has 5 rings (SSSR count). The van der Waals surface area contributed by atoms with E-state index in [0.717, 1.165) is 16.3 Å². The van der Waals surface area contributed by atoms with E-state index in [1.54, 1.807) is 55.1 Å². The molecule has 218 valence electrons. The number of nitrogens with zero attached hydrogens (tertiary/aromatic N) is 2. The number of carbonyl (C=O) groups excluding carboxylic acids is 3. The van der Waals surface area contributed by atoms with Crippen molar-refractivity contribution in [3.63, 3.8) is 0 Å². The monoisotopic (exact) mass is 587 g/mol. The van der Waals surface area contributed by atoms with Crippen LogP contribution in [0.2, 0.25) is 0 Å². The van der Waals surface area contributed by atoms with Crippen molar-refractivity contribution in [1.82, 2.24) is 10.6 Å². The van der Waals surface area contributed by atoms with Crippen molar-refractivity contribution in [3.05, 3.63) is 96.1 Å². The van der Waals surface area contributed by atoms with E-state index in [2.05, 4.69) is 10.6 Å². The van der Waals surface area contributed by atoms with Crippen LogP contribution >= 0.6 is 12.4 Å². The van der Waals surface area contributed by atoms with Crippen molar-refractivity contribution < 1.29 is 19.1 Å². The van der Waals surface area contributed by atoms with Crippen LogP contribution in [0.1, 0.15) is 22.8 Å². The number of hydrogen-bond acceptors (Lipinski definition) is 6. The van der Waals surface area contributed by atoms with Crippen molar-refractivity contribution in [3.8, 4) is 5.75 Å². The van der Waals surface area contributed by atoms with Crippen LogP contribution in [0.15, 0.2) is 84.9 Å². The third-order valence-electron chi connectivity index (χ3n) is 7.47. The Balaban J connectivity index is 0.00000405. The number of nitrogens with one attached hydrogen (secondary N) is 2. The number of methoxy groups -OCH3 is 1.